The van der Waals surface area contributed by atoms with Crippen LogP contribution in [0.15, 0.2) is 109 Å². The van der Waals surface area contributed by atoms with Gasteiger partial charge in [-0.15, -0.1) is 0 Å². The second kappa shape index (κ2) is 59.6. The predicted octanol–water partition coefficient (Wildman–Crippen LogP) is 20.3. The molecule has 0 aromatic heterocycles. The first-order valence-corrected chi connectivity index (χ1v) is 29.9. The second-order valence-corrected chi connectivity index (χ2v) is 19.5. The predicted molar refractivity (Wildman–Crippen MR) is 311 cm³/mol. The van der Waals surface area contributed by atoms with Gasteiger partial charge in [0.15, 0.2) is 6.10 Å². The number of ether oxygens (including phenoxy) is 3. The number of carbonyl (C=O) groups is 3. The summed E-state index contributed by atoms with van der Waals surface area (Å²) in [5.74, 6) is -0.908. The summed E-state index contributed by atoms with van der Waals surface area (Å²) in [5, 5.41) is 0. The molecule has 72 heavy (non-hydrogen) atoms. The van der Waals surface area contributed by atoms with Gasteiger partial charge in [0.25, 0.3) is 0 Å². The molecule has 0 rings (SSSR count). The average Bonchev–Trinajstić information content (AvgIpc) is 3.38. The van der Waals surface area contributed by atoms with Gasteiger partial charge in [0.1, 0.15) is 13.2 Å². The monoisotopic (exact) mass is 999 g/mol. The smallest absolute Gasteiger partial charge is 0.306 e. The molecular formula is C66H110O6. The molecule has 0 radical (unpaired) electrons. The van der Waals surface area contributed by atoms with Crippen LogP contribution in [0, 0.1) is 0 Å². The fraction of sp³-hybridized carbons (Fsp3) is 0.682. The summed E-state index contributed by atoms with van der Waals surface area (Å²) in [5.41, 5.74) is 0. The topological polar surface area (TPSA) is 78.9 Å². The average molecular weight is 1000 g/mol. The number of hydrogen-bond acceptors (Lipinski definition) is 6. The van der Waals surface area contributed by atoms with E-state index in [4.69, 9.17) is 14.2 Å². The van der Waals surface area contributed by atoms with Crippen LogP contribution in [0.1, 0.15) is 271 Å². The van der Waals surface area contributed by atoms with Crippen LogP contribution < -0.4 is 0 Å². The van der Waals surface area contributed by atoms with Crippen molar-refractivity contribution in [3.05, 3.63) is 109 Å². The molecular weight excluding hydrogens is 889 g/mol. The molecule has 1 atom stereocenters. The van der Waals surface area contributed by atoms with Gasteiger partial charge >= 0.3 is 17.9 Å². The molecule has 0 spiro atoms. The van der Waals surface area contributed by atoms with Crippen molar-refractivity contribution >= 4 is 17.9 Å². The first-order valence-electron chi connectivity index (χ1n) is 29.9. The highest BCUT2D eigenvalue weighted by Crippen LogP contribution is 2.15. The van der Waals surface area contributed by atoms with Crippen molar-refractivity contribution in [2.45, 2.75) is 277 Å². The molecule has 6 nitrogen and oxygen atoms in total. The van der Waals surface area contributed by atoms with Gasteiger partial charge in [-0.05, 0) is 103 Å². The van der Waals surface area contributed by atoms with Gasteiger partial charge in [0.2, 0.25) is 0 Å². The second-order valence-electron chi connectivity index (χ2n) is 19.5. The molecule has 0 aliphatic heterocycles. The molecule has 0 aliphatic carbocycles. The molecule has 0 amide bonds. The van der Waals surface area contributed by atoms with Crippen molar-refractivity contribution in [2.24, 2.45) is 0 Å². The summed E-state index contributed by atoms with van der Waals surface area (Å²) in [6, 6.07) is 0. The zero-order valence-corrected chi connectivity index (χ0v) is 46.9. The Balaban J connectivity index is 4.34. The van der Waals surface area contributed by atoms with Crippen molar-refractivity contribution in [3.63, 3.8) is 0 Å². The molecule has 0 saturated heterocycles. The molecule has 6 heteroatoms. The summed E-state index contributed by atoms with van der Waals surface area (Å²) < 4.78 is 16.9. The first-order chi connectivity index (χ1) is 35.5. The van der Waals surface area contributed by atoms with Crippen molar-refractivity contribution < 1.29 is 28.6 Å². The van der Waals surface area contributed by atoms with Crippen molar-refractivity contribution in [3.8, 4) is 0 Å². The number of rotatable bonds is 53. The minimum absolute atomic E-state index is 0.0866. The van der Waals surface area contributed by atoms with Gasteiger partial charge < -0.3 is 14.2 Å². The Kier molecular flexibility index (Phi) is 56.4. The Bertz CT molecular complexity index is 1470. The molecule has 410 valence electrons. The van der Waals surface area contributed by atoms with Crippen LogP contribution >= 0.6 is 0 Å². The number of esters is 3. The minimum Gasteiger partial charge on any atom is -0.462 e. The van der Waals surface area contributed by atoms with Crippen LogP contribution in [-0.4, -0.2) is 37.2 Å². The lowest BCUT2D eigenvalue weighted by Gasteiger charge is -2.18. The van der Waals surface area contributed by atoms with E-state index in [0.29, 0.717) is 19.3 Å². The lowest BCUT2D eigenvalue weighted by molar-refractivity contribution is -0.167. The zero-order chi connectivity index (χ0) is 52.2. The van der Waals surface area contributed by atoms with Gasteiger partial charge in [0.05, 0.1) is 0 Å². The minimum atomic E-state index is -0.790. The Labute approximate surface area is 444 Å². The van der Waals surface area contributed by atoms with Crippen LogP contribution in [0.2, 0.25) is 0 Å². The third-order valence-electron chi connectivity index (χ3n) is 12.5. The van der Waals surface area contributed by atoms with Crippen LogP contribution in [0.25, 0.3) is 0 Å². The summed E-state index contributed by atoms with van der Waals surface area (Å²) in [7, 11) is 0. The van der Waals surface area contributed by atoms with E-state index in [2.05, 4.69) is 130 Å². The number of carbonyl (C=O) groups excluding carboxylic acids is 3. The first kappa shape index (κ1) is 68.1. The zero-order valence-electron chi connectivity index (χ0n) is 46.9. The van der Waals surface area contributed by atoms with Gasteiger partial charge in [-0.2, -0.15) is 0 Å². The van der Waals surface area contributed by atoms with Gasteiger partial charge in [-0.3, -0.25) is 14.4 Å². The number of hydrogen-bond donors (Lipinski definition) is 0. The highest BCUT2D eigenvalue weighted by Gasteiger charge is 2.19. The fourth-order valence-electron chi connectivity index (χ4n) is 8.11. The Hall–Kier alpha value is -3.93. The highest BCUT2D eigenvalue weighted by molar-refractivity contribution is 5.71. The van der Waals surface area contributed by atoms with E-state index in [0.717, 1.165) is 135 Å². The summed E-state index contributed by atoms with van der Waals surface area (Å²) in [4.78, 5) is 38.2. The summed E-state index contributed by atoms with van der Waals surface area (Å²) in [6.07, 6.45) is 80.8. The molecule has 0 aliphatic rings. The lowest BCUT2D eigenvalue weighted by Crippen LogP contribution is -2.30. The van der Waals surface area contributed by atoms with E-state index < -0.39 is 6.10 Å². The van der Waals surface area contributed by atoms with Crippen molar-refractivity contribution in [1.82, 2.24) is 0 Å². The van der Waals surface area contributed by atoms with E-state index in [1.165, 1.54) is 96.3 Å². The summed E-state index contributed by atoms with van der Waals surface area (Å²) in [6.45, 7) is 6.39. The van der Waals surface area contributed by atoms with Crippen LogP contribution in [0.3, 0.4) is 0 Å². The van der Waals surface area contributed by atoms with Gasteiger partial charge in [-0.1, -0.05) is 259 Å². The molecule has 0 bridgehead atoms. The number of unbranched alkanes of at least 4 members (excludes halogenated alkanes) is 24. The van der Waals surface area contributed by atoms with Crippen LogP contribution in [0.4, 0.5) is 0 Å². The normalized spacial score (nSPS) is 12.9. The van der Waals surface area contributed by atoms with E-state index in [1.54, 1.807) is 0 Å². The quantitative estimate of drug-likeness (QED) is 0.0261. The molecule has 0 N–H and O–H groups in total. The van der Waals surface area contributed by atoms with Gasteiger partial charge in [-0.25, -0.2) is 0 Å². The maximum absolute atomic E-state index is 12.9. The standard InChI is InChI=1S/C66H110O6/c1-4-7-10-13-16-19-22-24-26-28-30-32-33-35-36-38-40-42-44-47-50-53-56-59-65(68)71-62-63(61-70-64(67)58-55-52-49-46-21-18-15-12-9-6-3)72-66(69)60-57-54-51-48-45-43-41-39-37-34-31-29-27-25-23-20-17-14-11-8-5-2/h7-8,10-11,16-17,19-20,24-27,30-32,34,39,41,63H,4-6,9,12-15,18,21-23,28-29,33,35-38,40,42-62H2,1-3H3/b10-7-,11-8-,19-16-,20-17-,26-24-,27-25-,32-30-,34-31-,41-39-. The highest BCUT2D eigenvalue weighted by atomic mass is 16.6. The number of allylic oxidation sites excluding steroid dienone is 18. The van der Waals surface area contributed by atoms with Crippen molar-refractivity contribution in [2.75, 3.05) is 13.2 Å². The maximum Gasteiger partial charge on any atom is 0.306 e. The SMILES string of the molecule is CC/C=C\C/C=C\C/C=C\C/C=C\C/C=C\CCCCCCCC(=O)OC(COC(=O)CCCCCCCCCCCC)COC(=O)CCCCCCCCCCCC/C=C\C/C=C\C/C=C\C/C=C\CC. The summed E-state index contributed by atoms with van der Waals surface area (Å²) >= 11 is 0. The van der Waals surface area contributed by atoms with Gasteiger partial charge in [0, 0.05) is 19.3 Å². The molecule has 0 heterocycles. The molecule has 0 saturated carbocycles. The Morgan fingerprint density at radius 2 is 0.542 bits per heavy atom. The van der Waals surface area contributed by atoms with Crippen molar-refractivity contribution in [1.29, 1.82) is 0 Å². The fourth-order valence-corrected chi connectivity index (χ4v) is 8.11. The van der Waals surface area contributed by atoms with E-state index in [9.17, 15) is 14.4 Å². The van der Waals surface area contributed by atoms with Crippen LogP contribution in [0.5, 0.6) is 0 Å². The molecule has 1 unspecified atom stereocenters. The lowest BCUT2D eigenvalue weighted by atomic mass is 10.1. The Morgan fingerprint density at radius 3 is 0.847 bits per heavy atom. The molecule has 0 aromatic carbocycles. The van der Waals surface area contributed by atoms with Crippen LogP contribution in [-0.2, 0) is 28.6 Å². The third kappa shape index (κ3) is 57.0. The van der Waals surface area contributed by atoms with E-state index in [1.807, 2.05) is 0 Å². The third-order valence-corrected chi connectivity index (χ3v) is 12.5. The van der Waals surface area contributed by atoms with E-state index >= 15 is 0 Å². The molecule has 0 aromatic rings. The van der Waals surface area contributed by atoms with E-state index in [-0.39, 0.29) is 31.1 Å². The largest absolute Gasteiger partial charge is 0.462 e. The Morgan fingerprint density at radius 1 is 0.292 bits per heavy atom. The molecule has 0 fully saturated rings. The maximum atomic E-state index is 12.9.